The Hall–Kier alpha value is -3.49. The Balaban J connectivity index is 1.47. The zero-order valence-electron chi connectivity index (χ0n) is 16.1. The molecule has 0 spiro atoms. The minimum Gasteiger partial charge on any atom is -0.495 e. The molecule has 0 aliphatic heterocycles. The molecule has 156 valence electrons. The summed E-state index contributed by atoms with van der Waals surface area (Å²) in [7, 11) is 1.49. The predicted octanol–water partition coefficient (Wildman–Crippen LogP) is 5.42. The van der Waals surface area contributed by atoms with Gasteiger partial charge >= 0.3 is 0 Å². The van der Waals surface area contributed by atoms with Crippen LogP contribution in [0.25, 0.3) is 22.6 Å². The van der Waals surface area contributed by atoms with Crippen LogP contribution in [0.5, 0.6) is 5.75 Å². The molecule has 0 aliphatic rings. The fourth-order valence-electron chi connectivity index (χ4n) is 2.90. The van der Waals surface area contributed by atoms with E-state index < -0.39 is 5.91 Å². The summed E-state index contributed by atoms with van der Waals surface area (Å²) < 4.78 is 24.2. The Bertz CT molecular complexity index is 1310. The number of rotatable bonds is 4. The SMILES string of the molecule is COc1ccc(C(=O)NC(=S)Nc2ccc3oc(-c4cccc(F)c4)nc3c2)cc1Cl. The number of oxazole rings is 1. The summed E-state index contributed by atoms with van der Waals surface area (Å²) in [6.07, 6.45) is 0. The number of nitrogens with zero attached hydrogens (tertiary/aromatic N) is 1. The Morgan fingerprint density at radius 3 is 2.74 bits per heavy atom. The van der Waals surface area contributed by atoms with Crippen molar-refractivity contribution >= 4 is 51.6 Å². The van der Waals surface area contributed by atoms with Crippen LogP contribution in [0.4, 0.5) is 10.1 Å². The van der Waals surface area contributed by atoms with Crippen LogP contribution in [-0.2, 0) is 0 Å². The van der Waals surface area contributed by atoms with E-state index in [1.54, 1.807) is 42.5 Å². The number of methoxy groups -OCH3 is 1. The molecule has 9 heteroatoms. The standard InChI is InChI=1S/C22H15ClFN3O3S/c1-29-18-7-5-12(10-16(18)23)20(28)27-22(31)25-15-6-8-19-17(11-15)26-21(30-19)13-3-2-4-14(24)9-13/h2-11H,1H3,(H2,25,27,28,31). The number of thiocarbonyl (C=S) groups is 1. The second kappa shape index (κ2) is 8.71. The first-order valence-electron chi connectivity index (χ1n) is 9.05. The number of fused-ring (bicyclic) bond motifs is 1. The molecule has 0 saturated carbocycles. The molecular formula is C22H15ClFN3O3S. The third-order valence-electron chi connectivity index (χ3n) is 4.36. The van der Waals surface area contributed by atoms with Gasteiger partial charge in [0.15, 0.2) is 10.7 Å². The first kappa shape index (κ1) is 20.8. The molecule has 31 heavy (non-hydrogen) atoms. The quantitative estimate of drug-likeness (QED) is 0.400. The number of benzene rings is 3. The number of amides is 1. The van der Waals surface area contributed by atoms with E-state index in [4.69, 9.17) is 33.0 Å². The van der Waals surface area contributed by atoms with Gasteiger partial charge in [-0.1, -0.05) is 17.7 Å². The topological polar surface area (TPSA) is 76.4 Å². The lowest BCUT2D eigenvalue weighted by atomic mass is 10.2. The number of anilines is 1. The molecule has 0 saturated heterocycles. The normalized spacial score (nSPS) is 10.7. The zero-order chi connectivity index (χ0) is 22.0. The summed E-state index contributed by atoms with van der Waals surface area (Å²) in [4.78, 5) is 16.8. The van der Waals surface area contributed by atoms with Crippen LogP contribution in [0.2, 0.25) is 5.02 Å². The number of aromatic nitrogens is 1. The van der Waals surface area contributed by atoms with Crippen molar-refractivity contribution < 1.29 is 18.3 Å². The van der Waals surface area contributed by atoms with Gasteiger partial charge in [-0.05, 0) is 66.8 Å². The van der Waals surface area contributed by atoms with Gasteiger partial charge < -0.3 is 14.5 Å². The number of hydrogen-bond donors (Lipinski definition) is 2. The molecule has 0 atom stereocenters. The molecule has 1 aromatic heterocycles. The Morgan fingerprint density at radius 2 is 2.00 bits per heavy atom. The molecule has 6 nitrogen and oxygen atoms in total. The van der Waals surface area contributed by atoms with Gasteiger partial charge in [-0.15, -0.1) is 0 Å². The molecule has 3 aromatic carbocycles. The van der Waals surface area contributed by atoms with Crippen molar-refractivity contribution in [2.24, 2.45) is 0 Å². The highest BCUT2D eigenvalue weighted by Gasteiger charge is 2.13. The van der Waals surface area contributed by atoms with E-state index >= 15 is 0 Å². The van der Waals surface area contributed by atoms with Gasteiger partial charge in [0.25, 0.3) is 5.91 Å². The van der Waals surface area contributed by atoms with Crippen molar-refractivity contribution in [2.45, 2.75) is 0 Å². The third kappa shape index (κ3) is 4.65. The summed E-state index contributed by atoms with van der Waals surface area (Å²) in [5.41, 5.74) is 2.56. The van der Waals surface area contributed by atoms with Gasteiger partial charge in [0.2, 0.25) is 5.89 Å². The van der Waals surface area contributed by atoms with Gasteiger partial charge in [-0.2, -0.15) is 0 Å². The van der Waals surface area contributed by atoms with Crippen molar-refractivity contribution in [3.8, 4) is 17.2 Å². The van der Waals surface area contributed by atoms with Gasteiger partial charge in [0.05, 0.1) is 12.1 Å². The molecule has 0 bridgehead atoms. The predicted molar refractivity (Wildman–Crippen MR) is 121 cm³/mol. The van der Waals surface area contributed by atoms with Crippen LogP contribution in [-0.4, -0.2) is 23.1 Å². The fraction of sp³-hybridized carbons (Fsp3) is 0.0455. The molecule has 1 heterocycles. The Kier molecular flexibility index (Phi) is 5.83. The number of hydrogen-bond acceptors (Lipinski definition) is 5. The van der Waals surface area contributed by atoms with E-state index in [1.807, 2.05) is 0 Å². The third-order valence-corrected chi connectivity index (χ3v) is 4.86. The monoisotopic (exact) mass is 455 g/mol. The molecule has 1 amide bonds. The van der Waals surface area contributed by atoms with Crippen molar-refractivity contribution in [1.29, 1.82) is 0 Å². The highest BCUT2D eigenvalue weighted by atomic mass is 35.5. The summed E-state index contributed by atoms with van der Waals surface area (Å²) >= 11 is 11.3. The summed E-state index contributed by atoms with van der Waals surface area (Å²) in [5, 5.41) is 5.94. The highest BCUT2D eigenvalue weighted by molar-refractivity contribution is 7.80. The van der Waals surface area contributed by atoms with E-state index in [0.29, 0.717) is 44.6 Å². The second-order valence-electron chi connectivity index (χ2n) is 6.47. The van der Waals surface area contributed by atoms with Gasteiger partial charge in [-0.25, -0.2) is 9.37 Å². The molecule has 4 rings (SSSR count). The zero-order valence-corrected chi connectivity index (χ0v) is 17.7. The van der Waals surface area contributed by atoms with Crippen molar-refractivity contribution in [1.82, 2.24) is 10.3 Å². The van der Waals surface area contributed by atoms with E-state index in [-0.39, 0.29) is 10.9 Å². The van der Waals surface area contributed by atoms with Crippen LogP contribution in [0, 0.1) is 5.82 Å². The number of ether oxygens (including phenoxy) is 1. The minimum atomic E-state index is -0.419. The van der Waals surface area contributed by atoms with Crippen molar-refractivity contribution in [3.05, 3.63) is 77.1 Å². The van der Waals surface area contributed by atoms with Crippen LogP contribution < -0.4 is 15.4 Å². The number of carbonyl (C=O) groups excluding carboxylic acids is 1. The van der Waals surface area contributed by atoms with Gasteiger partial charge in [-0.3, -0.25) is 10.1 Å². The maximum absolute atomic E-state index is 13.5. The van der Waals surface area contributed by atoms with E-state index in [1.165, 1.54) is 25.3 Å². The molecular weight excluding hydrogens is 441 g/mol. The molecule has 0 aliphatic carbocycles. The highest BCUT2D eigenvalue weighted by Crippen LogP contribution is 2.27. The average Bonchev–Trinajstić information content (AvgIpc) is 3.17. The van der Waals surface area contributed by atoms with Crippen LogP contribution >= 0.6 is 23.8 Å². The fourth-order valence-corrected chi connectivity index (χ4v) is 3.36. The van der Waals surface area contributed by atoms with E-state index in [0.717, 1.165) is 0 Å². The smallest absolute Gasteiger partial charge is 0.257 e. The second-order valence-corrected chi connectivity index (χ2v) is 7.28. The van der Waals surface area contributed by atoms with E-state index in [2.05, 4.69) is 15.6 Å². The lowest BCUT2D eigenvalue weighted by molar-refractivity contribution is 0.0977. The average molecular weight is 456 g/mol. The summed E-state index contributed by atoms with van der Waals surface area (Å²) in [6, 6.07) is 15.8. The maximum atomic E-state index is 13.5. The lowest BCUT2D eigenvalue weighted by Gasteiger charge is -2.10. The number of carbonyl (C=O) groups is 1. The van der Waals surface area contributed by atoms with Crippen LogP contribution in [0.3, 0.4) is 0 Å². The lowest BCUT2D eigenvalue weighted by Crippen LogP contribution is -2.34. The summed E-state index contributed by atoms with van der Waals surface area (Å²) in [6.45, 7) is 0. The molecule has 2 N–H and O–H groups in total. The van der Waals surface area contributed by atoms with Crippen LogP contribution in [0.15, 0.2) is 65.1 Å². The molecule has 0 unspecified atom stereocenters. The van der Waals surface area contributed by atoms with Crippen molar-refractivity contribution in [2.75, 3.05) is 12.4 Å². The first-order valence-corrected chi connectivity index (χ1v) is 9.84. The largest absolute Gasteiger partial charge is 0.495 e. The maximum Gasteiger partial charge on any atom is 0.257 e. The Labute approximate surface area is 187 Å². The van der Waals surface area contributed by atoms with Crippen molar-refractivity contribution in [3.63, 3.8) is 0 Å². The molecule has 0 fully saturated rings. The molecule has 0 radical (unpaired) electrons. The first-order chi connectivity index (χ1) is 14.9. The number of nitrogens with one attached hydrogen (secondary N) is 2. The number of halogens is 2. The Morgan fingerprint density at radius 1 is 1.16 bits per heavy atom. The minimum absolute atomic E-state index is 0.102. The van der Waals surface area contributed by atoms with Gasteiger partial charge in [0.1, 0.15) is 17.1 Å². The van der Waals surface area contributed by atoms with Gasteiger partial charge in [0, 0.05) is 16.8 Å². The van der Waals surface area contributed by atoms with Crippen LogP contribution in [0.1, 0.15) is 10.4 Å². The van der Waals surface area contributed by atoms with E-state index in [9.17, 15) is 9.18 Å². The molecule has 4 aromatic rings. The summed E-state index contributed by atoms with van der Waals surface area (Å²) in [5.74, 6) is -0.0179.